The standard InChI is InChI=1S/C3H9N.BH2P/c1-4(2)3;1-2/h1-3H3;2H2. The minimum Gasteiger partial charge on any atom is -0.312 e. The normalized spacial score (nSPS) is 6.83. The Bertz CT molecular complexity index is 15.5. The Morgan fingerprint density at radius 1 is 1.17 bits per heavy atom. The summed E-state index contributed by atoms with van der Waals surface area (Å²) in [7, 11) is 12.3. The summed E-state index contributed by atoms with van der Waals surface area (Å²) in [5, 5.41) is 0. The van der Waals surface area contributed by atoms with Crippen molar-refractivity contribution in [1.82, 2.24) is 4.90 Å². The van der Waals surface area contributed by atoms with Crippen molar-refractivity contribution in [2.75, 3.05) is 21.1 Å². The number of nitrogens with zero attached hydrogens (tertiary/aromatic N) is 1. The number of rotatable bonds is 0. The van der Waals surface area contributed by atoms with E-state index in [-0.39, 0.29) is 0 Å². The summed E-state index contributed by atoms with van der Waals surface area (Å²) >= 11 is 0. The maximum atomic E-state index is 4.42. The molecule has 0 aliphatic carbocycles. The molecule has 0 heterocycles. The lowest BCUT2D eigenvalue weighted by Crippen LogP contribution is -1.99. The lowest BCUT2D eigenvalue weighted by Gasteiger charge is -1.90. The molecule has 0 bridgehead atoms. The van der Waals surface area contributed by atoms with Crippen molar-refractivity contribution in [3.05, 3.63) is 0 Å². The third-order valence-electron chi connectivity index (χ3n) is 0. The molecule has 0 aliphatic heterocycles. The summed E-state index contributed by atoms with van der Waals surface area (Å²) in [6.45, 7) is 0. The molecule has 1 atom stereocenters. The molecule has 0 rings (SSSR count). The van der Waals surface area contributed by atoms with E-state index in [1.807, 2.05) is 35.2 Å². The Morgan fingerprint density at radius 3 is 1.17 bits per heavy atom. The molecule has 0 N–H and O–H groups in total. The van der Waals surface area contributed by atoms with Crippen LogP contribution < -0.4 is 0 Å². The molecule has 0 saturated carbocycles. The summed E-state index contributed by atoms with van der Waals surface area (Å²) in [6.07, 6.45) is 0. The van der Waals surface area contributed by atoms with Gasteiger partial charge in [-0.05, 0) is 21.1 Å². The van der Waals surface area contributed by atoms with Crippen LogP contribution in [0.5, 0.6) is 0 Å². The second-order valence-electron chi connectivity index (χ2n) is 1.34. The van der Waals surface area contributed by atoms with Crippen LogP contribution in [0.15, 0.2) is 0 Å². The first-order valence-corrected chi connectivity index (χ1v) is 2.34. The molecule has 36 valence electrons. The Kier molecular flexibility index (Phi) is 14.6. The zero-order valence-electron chi connectivity index (χ0n) is 4.60. The van der Waals surface area contributed by atoms with Gasteiger partial charge in [0.1, 0.15) is 0 Å². The van der Waals surface area contributed by atoms with Crippen LogP contribution in [-0.2, 0) is 0 Å². The Morgan fingerprint density at radius 2 is 1.17 bits per heavy atom. The monoisotopic (exact) mass is 103 g/mol. The molecule has 0 aromatic carbocycles. The van der Waals surface area contributed by atoms with Gasteiger partial charge in [-0.15, -0.1) is 0 Å². The Labute approximate surface area is 43.7 Å². The van der Waals surface area contributed by atoms with Gasteiger partial charge in [0, 0.05) is 0 Å². The van der Waals surface area contributed by atoms with Crippen LogP contribution in [0.4, 0.5) is 0 Å². The second-order valence-corrected chi connectivity index (χ2v) is 1.34. The van der Waals surface area contributed by atoms with Gasteiger partial charge in [0.05, 0.1) is 7.57 Å². The van der Waals surface area contributed by atoms with E-state index >= 15 is 0 Å². The minimum absolute atomic E-state index is 1.92. The smallest absolute Gasteiger partial charge is 0.0996 e. The van der Waals surface area contributed by atoms with Crippen molar-refractivity contribution in [3.63, 3.8) is 0 Å². The summed E-state index contributed by atoms with van der Waals surface area (Å²) < 4.78 is 0. The number of hydrogen-bond acceptors (Lipinski definition) is 1. The predicted octanol–water partition coefficient (Wildman–Crippen LogP) is 0.123. The summed E-state index contributed by atoms with van der Waals surface area (Å²) in [4.78, 5) is 2.00. The van der Waals surface area contributed by atoms with Crippen LogP contribution in [0.25, 0.3) is 0 Å². The molecule has 0 aromatic rings. The van der Waals surface area contributed by atoms with Crippen LogP contribution in [0.1, 0.15) is 0 Å². The molecule has 0 spiro atoms. The Balaban J connectivity index is 0. The lowest BCUT2D eigenvalue weighted by molar-refractivity contribution is 0.505. The predicted molar refractivity (Wildman–Crippen MR) is 35.1 cm³/mol. The first-order chi connectivity index (χ1) is 2.73. The molecule has 0 fully saturated rings. The van der Waals surface area contributed by atoms with E-state index in [4.69, 9.17) is 0 Å². The summed E-state index contributed by atoms with van der Waals surface area (Å²) in [5.74, 6) is 0. The molecule has 0 amide bonds. The van der Waals surface area contributed by atoms with E-state index in [0.29, 0.717) is 0 Å². The lowest BCUT2D eigenvalue weighted by atomic mass is 10.8. The molecular weight excluding hydrogens is 91.8 g/mol. The van der Waals surface area contributed by atoms with Gasteiger partial charge in [-0.2, -0.15) is 9.12 Å². The average molecular weight is 103 g/mol. The molecule has 0 aromatic heterocycles. The highest BCUT2D eigenvalue weighted by Gasteiger charge is 1.58. The van der Waals surface area contributed by atoms with Crippen molar-refractivity contribution < 1.29 is 0 Å². The van der Waals surface area contributed by atoms with Gasteiger partial charge in [0.2, 0.25) is 0 Å². The molecule has 0 aliphatic rings. The van der Waals surface area contributed by atoms with Gasteiger partial charge in [0.15, 0.2) is 0 Å². The van der Waals surface area contributed by atoms with Crippen LogP contribution in [0, 0.1) is 0 Å². The van der Waals surface area contributed by atoms with Crippen molar-refractivity contribution >= 4 is 16.7 Å². The zero-order chi connectivity index (χ0) is 5.58. The van der Waals surface area contributed by atoms with Crippen molar-refractivity contribution in [3.8, 4) is 0 Å². The topological polar surface area (TPSA) is 3.24 Å². The molecule has 1 nitrogen and oxygen atoms in total. The third-order valence-corrected chi connectivity index (χ3v) is 0. The second kappa shape index (κ2) is 9.07. The van der Waals surface area contributed by atoms with Gasteiger partial charge >= 0.3 is 0 Å². The summed E-state index contributed by atoms with van der Waals surface area (Å²) in [5.41, 5.74) is 0. The highest BCUT2D eigenvalue weighted by molar-refractivity contribution is 7.49. The largest absolute Gasteiger partial charge is 0.312 e. The van der Waals surface area contributed by atoms with Gasteiger partial charge < -0.3 is 4.90 Å². The fourth-order valence-corrected chi connectivity index (χ4v) is 0. The SMILES string of the molecule is CN(C)C.[B]P. The average Bonchev–Trinajstić information content (AvgIpc) is 1.41. The van der Waals surface area contributed by atoms with Gasteiger partial charge in [-0.25, -0.2) is 0 Å². The Hall–Kier alpha value is 0.455. The number of hydrogen-bond donors (Lipinski definition) is 0. The van der Waals surface area contributed by atoms with E-state index in [2.05, 4.69) is 7.57 Å². The first kappa shape index (κ1) is 9.68. The van der Waals surface area contributed by atoms with E-state index in [9.17, 15) is 0 Å². The molecule has 2 radical (unpaired) electrons. The molecule has 3 heteroatoms. The maximum absolute atomic E-state index is 4.42. The van der Waals surface area contributed by atoms with Crippen LogP contribution in [0.3, 0.4) is 0 Å². The maximum Gasteiger partial charge on any atom is 0.0996 e. The fourth-order valence-electron chi connectivity index (χ4n) is 0. The van der Waals surface area contributed by atoms with Crippen molar-refractivity contribution in [2.45, 2.75) is 0 Å². The molecule has 6 heavy (non-hydrogen) atoms. The summed E-state index contributed by atoms with van der Waals surface area (Å²) in [6, 6.07) is 0. The zero-order valence-corrected chi connectivity index (χ0v) is 5.76. The van der Waals surface area contributed by atoms with E-state index in [0.717, 1.165) is 0 Å². The first-order valence-electron chi connectivity index (χ1n) is 1.67. The van der Waals surface area contributed by atoms with Crippen molar-refractivity contribution in [2.24, 2.45) is 0 Å². The fraction of sp³-hybridized carbons (Fsp3) is 1.00. The van der Waals surface area contributed by atoms with E-state index in [1.54, 1.807) is 0 Å². The quantitative estimate of drug-likeness (QED) is 0.311. The van der Waals surface area contributed by atoms with Gasteiger partial charge in [-0.1, -0.05) is 0 Å². The van der Waals surface area contributed by atoms with Crippen LogP contribution in [0.2, 0.25) is 0 Å². The minimum atomic E-state index is 1.92. The van der Waals surface area contributed by atoms with Gasteiger partial charge in [-0.3, -0.25) is 0 Å². The van der Waals surface area contributed by atoms with Gasteiger partial charge in [0.25, 0.3) is 0 Å². The highest BCUT2D eigenvalue weighted by atomic mass is 31.0. The van der Waals surface area contributed by atoms with E-state index < -0.39 is 0 Å². The third kappa shape index (κ3) is 257. The molecule has 0 saturated heterocycles. The van der Waals surface area contributed by atoms with Crippen molar-refractivity contribution in [1.29, 1.82) is 0 Å². The van der Waals surface area contributed by atoms with Crippen LogP contribution in [-0.4, -0.2) is 33.6 Å². The van der Waals surface area contributed by atoms with E-state index in [1.165, 1.54) is 0 Å². The highest BCUT2D eigenvalue weighted by Crippen LogP contribution is 1.47. The molecular formula is C3H11BNP. The molecule has 1 unspecified atom stereocenters. The van der Waals surface area contributed by atoms with Crippen LogP contribution >= 0.6 is 9.12 Å².